The first-order valence-corrected chi connectivity index (χ1v) is 5.50. The van der Waals surface area contributed by atoms with Gasteiger partial charge in [-0.25, -0.2) is 0 Å². The van der Waals surface area contributed by atoms with E-state index in [2.05, 4.69) is 51.4 Å². The predicted octanol–water partition coefficient (Wildman–Crippen LogP) is 2.08. The first-order valence-electron chi connectivity index (χ1n) is 4.07. The lowest BCUT2D eigenvalue weighted by Gasteiger charge is -2.31. The van der Waals surface area contributed by atoms with Gasteiger partial charge in [-0.2, -0.15) is 0 Å². The van der Waals surface area contributed by atoms with Crippen LogP contribution in [0.2, 0.25) is 0 Å². The van der Waals surface area contributed by atoms with Crippen LogP contribution in [0.4, 0.5) is 0 Å². The molecule has 0 heterocycles. The van der Waals surface area contributed by atoms with Crippen molar-refractivity contribution in [3.63, 3.8) is 0 Å². The summed E-state index contributed by atoms with van der Waals surface area (Å²) in [7, 11) is 8.59. The minimum absolute atomic E-state index is 0.0514. The van der Waals surface area contributed by atoms with Gasteiger partial charge >= 0.3 is 0 Å². The second-order valence-corrected chi connectivity index (χ2v) is 6.35. The molecule has 68 valence electrons. The van der Waals surface area contributed by atoms with E-state index in [-0.39, 0.29) is 8.22 Å². The van der Waals surface area contributed by atoms with Crippen LogP contribution in [0.1, 0.15) is 13.8 Å². The molecule has 0 amide bonds. The van der Waals surface area contributed by atoms with Gasteiger partial charge in [0, 0.05) is 8.22 Å². The zero-order valence-corrected chi connectivity index (χ0v) is 9.52. The van der Waals surface area contributed by atoms with E-state index in [1.165, 1.54) is 6.16 Å². The number of rotatable bonds is 4. The van der Waals surface area contributed by atoms with Crippen molar-refractivity contribution in [3.05, 3.63) is 0 Å². The maximum absolute atomic E-state index is 2.33. The Morgan fingerprint density at radius 2 is 1.36 bits per heavy atom. The monoisotopic (exact) mass is 176 g/mol. The topological polar surface area (TPSA) is 6.48 Å². The Balaban J connectivity index is 3.90. The van der Waals surface area contributed by atoms with E-state index in [4.69, 9.17) is 0 Å². The standard InChI is InChI=1S/C8H21N2P/c1-8(2)7-11(9(3)4)10(5)6/h8H,7H2,1-6H3. The van der Waals surface area contributed by atoms with E-state index in [0.29, 0.717) is 0 Å². The zero-order valence-electron chi connectivity index (χ0n) is 8.63. The second kappa shape index (κ2) is 5.08. The number of hydrogen-bond acceptors (Lipinski definition) is 2. The highest BCUT2D eigenvalue weighted by atomic mass is 31.1. The van der Waals surface area contributed by atoms with Gasteiger partial charge in [-0.3, -0.25) is 9.34 Å². The maximum Gasteiger partial charge on any atom is 0.0386 e. The van der Waals surface area contributed by atoms with Gasteiger partial charge in [-0.15, -0.1) is 0 Å². The highest BCUT2D eigenvalue weighted by Gasteiger charge is 2.14. The van der Waals surface area contributed by atoms with Crippen LogP contribution in [0.5, 0.6) is 0 Å². The third kappa shape index (κ3) is 4.73. The van der Waals surface area contributed by atoms with Crippen molar-refractivity contribution in [1.82, 2.24) is 9.34 Å². The van der Waals surface area contributed by atoms with E-state index in [0.717, 1.165) is 5.92 Å². The van der Waals surface area contributed by atoms with Crippen molar-refractivity contribution in [2.75, 3.05) is 34.4 Å². The van der Waals surface area contributed by atoms with Crippen molar-refractivity contribution >= 4 is 8.22 Å². The van der Waals surface area contributed by atoms with Gasteiger partial charge in [-0.05, 0) is 40.3 Å². The third-order valence-corrected chi connectivity index (χ3v) is 4.36. The molecule has 0 unspecified atom stereocenters. The largest absolute Gasteiger partial charge is 0.276 e. The summed E-state index contributed by atoms with van der Waals surface area (Å²) in [6.07, 6.45) is 1.30. The van der Waals surface area contributed by atoms with Gasteiger partial charge in [-0.1, -0.05) is 13.8 Å². The molecule has 0 aromatic rings. The molecule has 0 aromatic carbocycles. The van der Waals surface area contributed by atoms with Crippen molar-refractivity contribution < 1.29 is 0 Å². The lowest BCUT2D eigenvalue weighted by Crippen LogP contribution is -2.20. The Bertz CT molecular complexity index is 94.3. The first kappa shape index (κ1) is 11.4. The van der Waals surface area contributed by atoms with E-state index >= 15 is 0 Å². The maximum atomic E-state index is 2.33. The highest BCUT2D eigenvalue weighted by molar-refractivity contribution is 7.52. The Hall–Kier alpha value is 0.350. The molecule has 0 spiro atoms. The molecule has 0 fully saturated rings. The minimum atomic E-state index is -0.0514. The van der Waals surface area contributed by atoms with Crippen LogP contribution >= 0.6 is 8.22 Å². The summed E-state index contributed by atoms with van der Waals surface area (Å²) < 4.78 is 4.66. The Labute approximate surface area is 72.4 Å². The van der Waals surface area contributed by atoms with Crippen LogP contribution < -0.4 is 0 Å². The predicted molar refractivity (Wildman–Crippen MR) is 54.0 cm³/mol. The average Bonchev–Trinajstić information content (AvgIpc) is 1.81. The summed E-state index contributed by atoms with van der Waals surface area (Å²) in [6, 6.07) is 0. The Kier molecular flexibility index (Phi) is 5.24. The van der Waals surface area contributed by atoms with Crippen LogP contribution in [0.3, 0.4) is 0 Å². The molecule has 3 heteroatoms. The van der Waals surface area contributed by atoms with Gasteiger partial charge in [0.25, 0.3) is 0 Å². The third-order valence-electron chi connectivity index (χ3n) is 1.45. The summed E-state index contributed by atoms with van der Waals surface area (Å²) in [4.78, 5) is 0. The molecular formula is C8H21N2P. The average molecular weight is 176 g/mol. The van der Waals surface area contributed by atoms with Gasteiger partial charge in [0.05, 0.1) is 0 Å². The number of nitrogens with zero attached hydrogens (tertiary/aromatic N) is 2. The molecule has 0 saturated carbocycles. The van der Waals surface area contributed by atoms with Crippen LogP contribution in [0.25, 0.3) is 0 Å². The van der Waals surface area contributed by atoms with Crippen LogP contribution in [-0.2, 0) is 0 Å². The minimum Gasteiger partial charge on any atom is -0.276 e. The molecule has 0 bridgehead atoms. The Morgan fingerprint density at radius 1 is 1.00 bits per heavy atom. The molecule has 0 atom stereocenters. The van der Waals surface area contributed by atoms with E-state index < -0.39 is 0 Å². The molecule has 0 N–H and O–H groups in total. The lowest BCUT2D eigenvalue weighted by molar-refractivity contribution is 0.558. The summed E-state index contributed by atoms with van der Waals surface area (Å²) in [5.74, 6) is 0.797. The van der Waals surface area contributed by atoms with Gasteiger partial charge in [0.2, 0.25) is 0 Å². The van der Waals surface area contributed by atoms with Crippen LogP contribution in [0, 0.1) is 5.92 Å². The lowest BCUT2D eigenvalue weighted by atomic mass is 10.3. The normalized spacial score (nSPS) is 12.5. The summed E-state index contributed by atoms with van der Waals surface area (Å²) in [5.41, 5.74) is 0. The van der Waals surface area contributed by atoms with E-state index in [1.54, 1.807) is 0 Å². The fourth-order valence-electron chi connectivity index (χ4n) is 1.01. The molecule has 0 rings (SSSR count). The van der Waals surface area contributed by atoms with Crippen LogP contribution in [-0.4, -0.2) is 43.7 Å². The Morgan fingerprint density at radius 3 is 1.45 bits per heavy atom. The second-order valence-electron chi connectivity index (χ2n) is 3.64. The summed E-state index contributed by atoms with van der Waals surface area (Å²) in [5, 5.41) is 0. The van der Waals surface area contributed by atoms with Gasteiger partial charge in [0.15, 0.2) is 0 Å². The molecule has 0 aliphatic heterocycles. The quantitative estimate of drug-likeness (QED) is 0.605. The SMILES string of the molecule is CC(C)CP(N(C)C)N(C)C. The van der Waals surface area contributed by atoms with E-state index in [9.17, 15) is 0 Å². The molecule has 0 aromatic heterocycles. The fourth-order valence-corrected chi connectivity index (χ4v) is 3.03. The molecular weight excluding hydrogens is 155 g/mol. The van der Waals surface area contributed by atoms with Gasteiger partial charge < -0.3 is 0 Å². The molecule has 2 nitrogen and oxygen atoms in total. The zero-order chi connectivity index (χ0) is 9.02. The number of hydrogen-bond donors (Lipinski definition) is 0. The van der Waals surface area contributed by atoms with Crippen molar-refractivity contribution in [2.45, 2.75) is 13.8 Å². The molecule has 0 aliphatic rings. The van der Waals surface area contributed by atoms with Crippen LogP contribution in [0.15, 0.2) is 0 Å². The molecule has 0 saturated heterocycles. The summed E-state index contributed by atoms with van der Waals surface area (Å²) in [6.45, 7) is 4.56. The first-order chi connectivity index (χ1) is 4.95. The fraction of sp³-hybridized carbons (Fsp3) is 1.00. The van der Waals surface area contributed by atoms with Crippen molar-refractivity contribution in [2.24, 2.45) is 5.92 Å². The molecule has 0 aliphatic carbocycles. The summed E-state index contributed by atoms with van der Waals surface area (Å²) >= 11 is 0. The highest BCUT2D eigenvalue weighted by Crippen LogP contribution is 2.41. The van der Waals surface area contributed by atoms with Crippen molar-refractivity contribution in [3.8, 4) is 0 Å². The molecule has 0 radical (unpaired) electrons. The van der Waals surface area contributed by atoms with Gasteiger partial charge in [0.1, 0.15) is 0 Å². The van der Waals surface area contributed by atoms with Crippen molar-refractivity contribution in [1.29, 1.82) is 0 Å². The molecule has 11 heavy (non-hydrogen) atoms. The smallest absolute Gasteiger partial charge is 0.0386 e. The van der Waals surface area contributed by atoms with E-state index in [1.807, 2.05) is 0 Å².